The van der Waals surface area contributed by atoms with Gasteiger partial charge in [0.15, 0.2) is 0 Å². The molecular formula is C11H18N4OS. The van der Waals surface area contributed by atoms with E-state index < -0.39 is 0 Å². The number of anilines is 1. The lowest BCUT2D eigenvalue weighted by atomic mass is 10.0. The third kappa shape index (κ3) is 3.39. The molecule has 0 bridgehead atoms. The van der Waals surface area contributed by atoms with E-state index in [1.807, 2.05) is 0 Å². The Balaban J connectivity index is 1.90. The first-order chi connectivity index (χ1) is 8.15. The van der Waals surface area contributed by atoms with E-state index in [2.05, 4.69) is 22.4 Å². The smallest absolute Gasteiger partial charge is 0.282 e. The van der Waals surface area contributed by atoms with E-state index >= 15 is 0 Å². The molecule has 0 saturated heterocycles. The molecule has 17 heavy (non-hydrogen) atoms. The highest BCUT2D eigenvalue weighted by molar-refractivity contribution is 7.16. The zero-order valence-corrected chi connectivity index (χ0v) is 10.8. The van der Waals surface area contributed by atoms with Crippen LogP contribution in [0.3, 0.4) is 0 Å². The van der Waals surface area contributed by atoms with E-state index in [0.717, 1.165) is 30.1 Å². The highest BCUT2D eigenvalue weighted by atomic mass is 32.1. The second kappa shape index (κ2) is 5.44. The highest BCUT2D eigenvalue weighted by Crippen LogP contribution is 2.23. The van der Waals surface area contributed by atoms with Gasteiger partial charge in [0, 0.05) is 6.04 Å². The molecule has 6 heteroatoms. The molecule has 1 fully saturated rings. The van der Waals surface area contributed by atoms with Crippen LogP contribution in [0.5, 0.6) is 0 Å². The molecule has 2 rings (SSSR count). The highest BCUT2D eigenvalue weighted by Gasteiger charge is 2.20. The molecular weight excluding hydrogens is 236 g/mol. The third-order valence-corrected chi connectivity index (χ3v) is 3.98. The second-order valence-corrected chi connectivity index (χ2v) is 5.74. The molecule has 2 atom stereocenters. The van der Waals surface area contributed by atoms with Gasteiger partial charge in [0.25, 0.3) is 5.91 Å². The van der Waals surface area contributed by atoms with E-state index in [-0.39, 0.29) is 11.9 Å². The number of carbonyl (C=O) groups excluding carboxylic acids is 1. The van der Waals surface area contributed by atoms with Crippen LogP contribution in [0.2, 0.25) is 0 Å². The maximum absolute atomic E-state index is 11.9. The fraction of sp³-hybridized carbons (Fsp3) is 0.727. The van der Waals surface area contributed by atoms with Crippen molar-refractivity contribution in [3.05, 3.63) is 5.01 Å². The van der Waals surface area contributed by atoms with Gasteiger partial charge in [-0.15, -0.1) is 10.2 Å². The van der Waals surface area contributed by atoms with Crippen LogP contribution in [0.15, 0.2) is 0 Å². The standard InChI is InChI=1S/C11H18N4OS/c1-7-3-2-4-8(6-5-7)13-9(16)10-14-15-11(12)17-10/h7-8H,2-6H2,1H3,(H2,12,15)(H,13,16). The maximum atomic E-state index is 11.9. The van der Waals surface area contributed by atoms with Gasteiger partial charge in [-0.1, -0.05) is 31.1 Å². The van der Waals surface area contributed by atoms with Crippen molar-refractivity contribution in [3.8, 4) is 0 Å². The molecule has 1 amide bonds. The minimum absolute atomic E-state index is 0.140. The summed E-state index contributed by atoms with van der Waals surface area (Å²) in [5, 5.41) is 11.1. The Labute approximate surface area is 105 Å². The largest absolute Gasteiger partial charge is 0.374 e. The van der Waals surface area contributed by atoms with Crippen LogP contribution >= 0.6 is 11.3 Å². The number of aromatic nitrogens is 2. The summed E-state index contributed by atoms with van der Waals surface area (Å²) in [5.74, 6) is 0.632. The van der Waals surface area contributed by atoms with Gasteiger partial charge >= 0.3 is 0 Å². The van der Waals surface area contributed by atoms with Crippen LogP contribution in [0.1, 0.15) is 48.8 Å². The second-order valence-electron chi connectivity index (χ2n) is 4.73. The van der Waals surface area contributed by atoms with Crippen molar-refractivity contribution in [2.75, 3.05) is 5.73 Å². The monoisotopic (exact) mass is 254 g/mol. The van der Waals surface area contributed by atoms with Crippen molar-refractivity contribution in [2.45, 2.75) is 45.1 Å². The average molecular weight is 254 g/mol. The molecule has 0 radical (unpaired) electrons. The van der Waals surface area contributed by atoms with Gasteiger partial charge in [0.05, 0.1) is 0 Å². The Bertz CT molecular complexity index is 393. The molecule has 0 aromatic carbocycles. The van der Waals surface area contributed by atoms with E-state index in [1.165, 1.54) is 19.3 Å². The normalized spacial score (nSPS) is 25.2. The number of hydrogen-bond donors (Lipinski definition) is 2. The Kier molecular flexibility index (Phi) is 3.93. The number of hydrogen-bond acceptors (Lipinski definition) is 5. The average Bonchev–Trinajstić information content (AvgIpc) is 2.62. The molecule has 2 unspecified atom stereocenters. The zero-order chi connectivity index (χ0) is 12.3. The van der Waals surface area contributed by atoms with Crippen LogP contribution in [0.25, 0.3) is 0 Å². The van der Waals surface area contributed by atoms with Crippen molar-refractivity contribution < 1.29 is 4.79 Å². The maximum Gasteiger partial charge on any atom is 0.282 e. The van der Waals surface area contributed by atoms with Gasteiger partial charge in [-0.3, -0.25) is 4.79 Å². The minimum Gasteiger partial charge on any atom is -0.374 e. The summed E-state index contributed by atoms with van der Waals surface area (Å²) in [5.41, 5.74) is 5.46. The van der Waals surface area contributed by atoms with Crippen molar-refractivity contribution in [1.29, 1.82) is 0 Å². The van der Waals surface area contributed by atoms with Gasteiger partial charge in [0.1, 0.15) is 0 Å². The van der Waals surface area contributed by atoms with Crippen molar-refractivity contribution in [1.82, 2.24) is 15.5 Å². The lowest BCUT2D eigenvalue weighted by molar-refractivity contribution is 0.0932. The summed E-state index contributed by atoms with van der Waals surface area (Å²) in [6, 6.07) is 0.276. The van der Waals surface area contributed by atoms with Crippen LogP contribution in [-0.4, -0.2) is 22.1 Å². The lowest BCUT2D eigenvalue weighted by Crippen LogP contribution is -2.34. The molecule has 94 valence electrons. The summed E-state index contributed by atoms with van der Waals surface area (Å²) in [6.45, 7) is 2.27. The molecule has 1 saturated carbocycles. The lowest BCUT2D eigenvalue weighted by Gasteiger charge is -2.15. The van der Waals surface area contributed by atoms with Gasteiger partial charge in [0.2, 0.25) is 10.1 Å². The Hall–Kier alpha value is -1.17. The molecule has 5 nitrogen and oxygen atoms in total. The van der Waals surface area contributed by atoms with Gasteiger partial charge in [-0.05, 0) is 25.2 Å². The molecule has 1 aliphatic carbocycles. The number of rotatable bonds is 2. The van der Waals surface area contributed by atoms with Gasteiger partial charge in [-0.25, -0.2) is 0 Å². The predicted molar refractivity (Wildman–Crippen MR) is 67.8 cm³/mol. The van der Waals surface area contributed by atoms with Crippen LogP contribution < -0.4 is 11.1 Å². The van der Waals surface area contributed by atoms with E-state index in [9.17, 15) is 4.79 Å². The summed E-state index contributed by atoms with van der Waals surface area (Å²) in [4.78, 5) is 11.9. The molecule has 1 heterocycles. The van der Waals surface area contributed by atoms with Crippen molar-refractivity contribution in [3.63, 3.8) is 0 Å². The fourth-order valence-electron chi connectivity index (χ4n) is 2.20. The summed E-state index contributed by atoms with van der Waals surface area (Å²) in [6.07, 6.45) is 5.75. The molecule has 1 aliphatic rings. The molecule has 0 aliphatic heterocycles. The number of nitrogens with zero attached hydrogens (tertiary/aromatic N) is 2. The molecule has 0 spiro atoms. The number of nitrogens with two attached hydrogens (primary N) is 1. The first-order valence-corrected chi connectivity index (χ1v) is 6.86. The van der Waals surface area contributed by atoms with Crippen LogP contribution in [0.4, 0.5) is 5.13 Å². The first-order valence-electron chi connectivity index (χ1n) is 6.05. The SMILES string of the molecule is CC1CCCC(NC(=O)c2nnc(N)s2)CC1. The number of nitrogen functional groups attached to an aromatic ring is 1. The zero-order valence-electron chi connectivity index (χ0n) is 9.98. The fourth-order valence-corrected chi connectivity index (χ4v) is 2.72. The number of carbonyl (C=O) groups is 1. The van der Waals surface area contributed by atoms with Gasteiger partial charge in [-0.2, -0.15) is 0 Å². The van der Waals surface area contributed by atoms with E-state index in [4.69, 9.17) is 5.73 Å². The summed E-state index contributed by atoms with van der Waals surface area (Å²) < 4.78 is 0. The van der Waals surface area contributed by atoms with Crippen molar-refractivity contribution in [2.24, 2.45) is 5.92 Å². The molecule has 1 aromatic rings. The van der Waals surface area contributed by atoms with E-state index in [0.29, 0.717) is 10.1 Å². The first kappa shape index (κ1) is 12.3. The Morgan fingerprint density at radius 2 is 2.18 bits per heavy atom. The quantitative estimate of drug-likeness (QED) is 0.789. The Morgan fingerprint density at radius 1 is 1.35 bits per heavy atom. The predicted octanol–water partition coefficient (Wildman–Crippen LogP) is 1.82. The minimum atomic E-state index is -0.140. The number of nitrogens with one attached hydrogen (secondary N) is 1. The van der Waals surface area contributed by atoms with E-state index in [1.54, 1.807) is 0 Å². The van der Waals surface area contributed by atoms with Crippen molar-refractivity contribution >= 4 is 22.4 Å². The summed E-state index contributed by atoms with van der Waals surface area (Å²) >= 11 is 1.13. The third-order valence-electron chi connectivity index (χ3n) is 3.23. The topological polar surface area (TPSA) is 80.9 Å². The summed E-state index contributed by atoms with van der Waals surface area (Å²) in [7, 11) is 0. The number of amides is 1. The van der Waals surface area contributed by atoms with Crippen LogP contribution in [-0.2, 0) is 0 Å². The van der Waals surface area contributed by atoms with Gasteiger partial charge < -0.3 is 11.1 Å². The molecule has 3 N–H and O–H groups in total. The molecule has 1 aromatic heterocycles. The Morgan fingerprint density at radius 3 is 2.88 bits per heavy atom. The van der Waals surface area contributed by atoms with Crippen LogP contribution in [0, 0.1) is 5.92 Å².